The summed E-state index contributed by atoms with van der Waals surface area (Å²) in [6, 6.07) is 17.1. The number of hydrogen-bond donors (Lipinski definition) is 1. The van der Waals surface area contributed by atoms with Gasteiger partial charge in [0, 0.05) is 6.42 Å². The van der Waals surface area contributed by atoms with Crippen LogP contribution in [-0.2, 0) is 6.42 Å². The summed E-state index contributed by atoms with van der Waals surface area (Å²) in [5, 5.41) is 4.00. The lowest BCUT2D eigenvalue weighted by molar-refractivity contribution is 0.363. The number of aromatic nitrogens is 2. The third-order valence-corrected chi connectivity index (χ3v) is 3.43. The number of ether oxygens (including phenoxy) is 1. The van der Waals surface area contributed by atoms with Gasteiger partial charge in [-0.25, -0.2) is 0 Å². The second-order valence-corrected chi connectivity index (χ2v) is 4.96. The number of halogens is 1. The van der Waals surface area contributed by atoms with Crippen LogP contribution < -0.4 is 10.5 Å². The van der Waals surface area contributed by atoms with Crippen molar-refractivity contribution in [3.8, 4) is 5.75 Å². The van der Waals surface area contributed by atoms with Crippen molar-refractivity contribution in [2.24, 2.45) is 5.73 Å². The molecule has 0 aliphatic rings. The molecule has 1 heterocycles. The van der Waals surface area contributed by atoms with Crippen LogP contribution in [0, 0.1) is 0 Å². The Labute approximate surface area is 140 Å². The van der Waals surface area contributed by atoms with Gasteiger partial charge in [-0.2, -0.15) is 4.98 Å². The molecule has 0 fully saturated rings. The Hall–Kier alpha value is -2.37. The number of rotatable bonds is 5. The first-order valence-electron chi connectivity index (χ1n) is 7.02. The first-order chi connectivity index (χ1) is 10.8. The molecule has 2 aromatic carbocycles. The fourth-order valence-electron chi connectivity index (χ4n) is 2.19. The van der Waals surface area contributed by atoms with Crippen LogP contribution in [0.15, 0.2) is 59.1 Å². The van der Waals surface area contributed by atoms with Crippen LogP contribution in [0.1, 0.15) is 28.9 Å². The predicted octanol–water partition coefficient (Wildman–Crippen LogP) is 3.14. The summed E-state index contributed by atoms with van der Waals surface area (Å²) in [6.45, 7) is 0. The van der Waals surface area contributed by atoms with Gasteiger partial charge in [0.05, 0.1) is 7.11 Å². The Morgan fingerprint density at radius 3 is 2.43 bits per heavy atom. The van der Waals surface area contributed by atoms with Crippen LogP contribution in [0.2, 0.25) is 0 Å². The van der Waals surface area contributed by atoms with E-state index in [1.807, 2.05) is 54.6 Å². The van der Waals surface area contributed by atoms with E-state index in [0.29, 0.717) is 18.1 Å². The lowest BCUT2D eigenvalue weighted by Crippen LogP contribution is -2.12. The minimum Gasteiger partial charge on any atom is -0.497 e. The van der Waals surface area contributed by atoms with Crippen molar-refractivity contribution in [1.29, 1.82) is 0 Å². The molecule has 0 bridgehead atoms. The van der Waals surface area contributed by atoms with Gasteiger partial charge in [0.1, 0.15) is 11.8 Å². The molecule has 0 saturated heterocycles. The highest BCUT2D eigenvalue weighted by Crippen LogP contribution is 2.19. The van der Waals surface area contributed by atoms with Crippen LogP contribution >= 0.6 is 12.4 Å². The molecule has 0 aliphatic carbocycles. The van der Waals surface area contributed by atoms with Crippen molar-refractivity contribution in [3.05, 3.63) is 77.4 Å². The zero-order valence-corrected chi connectivity index (χ0v) is 13.5. The number of nitrogens with two attached hydrogens (primary N) is 1. The molecule has 5 nitrogen and oxygen atoms in total. The Morgan fingerprint density at radius 2 is 1.78 bits per heavy atom. The zero-order valence-electron chi connectivity index (χ0n) is 12.7. The van der Waals surface area contributed by atoms with E-state index in [9.17, 15) is 0 Å². The van der Waals surface area contributed by atoms with Crippen molar-refractivity contribution in [3.63, 3.8) is 0 Å². The van der Waals surface area contributed by atoms with Crippen LogP contribution in [-0.4, -0.2) is 17.3 Å². The van der Waals surface area contributed by atoms with Gasteiger partial charge in [-0.1, -0.05) is 47.6 Å². The highest BCUT2D eigenvalue weighted by Gasteiger charge is 2.16. The SMILES string of the molecule is COc1ccc(Cc2noc([C@@H](N)c3ccccc3)n2)cc1.Cl. The summed E-state index contributed by atoms with van der Waals surface area (Å²) in [5.41, 5.74) is 8.18. The molecule has 0 amide bonds. The number of hydrogen-bond acceptors (Lipinski definition) is 5. The molecule has 0 aliphatic heterocycles. The van der Waals surface area contributed by atoms with Crippen molar-refractivity contribution in [1.82, 2.24) is 10.1 Å². The minimum absolute atomic E-state index is 0. The third kappa shape index (κ3) is 4.09. The largest absolute Gasteiger partial charge is 0.497 e. The van der Waals surface area contributed by atoms with E-state index in [-0.39, 0.29) is 12.4 Å². The van der Waals surface area contributed by atoms with Crippen molar-refractivity contribution in [2.45, 2.75) is 12.5 Å². The maximum absolute atomic E-state index is 6.15. The van der Waals surface area contributed by atoms with Crippen LogP contribution in [0.25, 0.3) is 0 Å². The molecule has 0 unspecified atom stereocenters. The summed E-state index contributed by atoms with van der Waals surface area (Å²) in [6.07, 6.45) is 0.592. The van der Waals surface area contributed by atoms with Crippen molar-refractivity contribution in [2.75, 3.05) is 7.11 Å². The van der Waals surface area contributed by atoms with Gasteiger partial charge in [-0.15, -0.1) is 12.4 Å². The Kier molecular flexibility index (Phi) is 5.73. The maximum atomic E-state index is 6.15. The highest BCUT2D eigenvalue weighted by atomic mass is 35.5. The number of benzene rings is 2. The van der Waals surface area contributed by atoms with E-state index >= 15 is 0 Å². The molecular formula is C17H18ClN3O2. The lowest BCUT2D eigenvalue weighted by atomic mass is 10.1. The van der Waals surface area contributed by atoms with Crippen LogP contribution in [0.4, 0.5) is 0 Å². The van der Waals surface area contributed by atoms with E-state index in [1.54, 1.807) is 7.11 Å². The Balaban J connectivity index is 0.00000192. The van der Waals surface area contributed by atoms with Gasteiger partial charge < -0.3 is 15.0 Å². The minimum atomic E-state index is -0.404. The summed E-state index contributed by atoms with van der Waals surface area (Å²) in [5.74, 6) is 1.87. The topological polar surface area (TPSA) is 74.2 Å². The molecule has 1 atom stereocenters. The summed E-state index contributed by atoms with van der Waals surface area (Å²) >= 11 is 0. The van der Waals surface area contributed by atoms with Crippen molar-refractivity contribution < 1.29 is 9.26 Å². The van der Waals surface area contributed by atoms with E-state index in [4.69, 9.17) is 15.0 Å². The first-order valence-corrected chi connectivity index (χ1v) is 7.02. The normalized spacial score (nSPS) is 11.6. The standard InChI is InChI=1S/C17H17N3O2.ClH/c1-21-14-9-7-12(8-10-14)11-15-19-17(22-20-15)16(18)13-5-3-2-4-6-13;/h2-10,16H,11,18H2,1H3;1H/t16-;/m0./s1. The molecule has 3 rings (SSSR count). The summed E-state index contributed by atoms with van der Waals surface area (Å²) in [4.78, 5) is 4.39. The zero-order chi connectivity index (χ0) is 15.4. The predicted molar refractivity (Wildman–Crippen MR) is 89.8 cm³/mol. The molecule has 0 spiro atoms. The molecule has 120 valence electrons. The monoisotopic (exact) mass is 331 g/mol. The summed E-state index contributed by atoms with van der Waals surface area (Å²) in [7, 11) is 1.64. The lowest BCUT2D eigenvalue weighted by Gasteiger charge is -2.05. The fraction of sp³-hybridized carbons (Fsp3) is 0.176. The Bertz CT molecular complexity index is 729. The number of nitrogens with zero attached hydrogens (tertiary/aromatic N) is 2. The van der Waals surface area contributed by atoms with Gasteiger partial charge in [-0.05, 0) is 23.3 Å². The average molecular weight is 332 g/mol. The van der Waals surface area contributed by atoms with Gasteiger partial charge >= 0.3 is 0 Å². The fourth-order valence-corrected chi connectivity index (χ4v) is 2.19. The second-order valence-electron chi connectivity index (χ2n) is 4.96. The first kappa shape index (κ1) is 17.0. The van der Waals surface area contributed by atoms with E-state index < -0.39 is 6.04 Å². The molecule has 3 aromatic rings. The number of methoxy groups -OCH3 is 1. The van der Waals surface area contributed by atoms with Crippen LogP contribution in [0.5, 0.6) is 5.75 Å². The molecule has 6 heteroatoms. The van der Waals surface area contributed by atoms with Gasteiger partial charge in [-0.3, -0.25) is 0 Å². The highest BCUT2D eigenvalue weighted by molar-refractivity contribution is 5.85. The van der Waals surface area contributed by atoms with E-state index in [2.05, 4.69) is 10.1 Å². The quantitative estimate of drug-likeness (QED) is 0.777. The Morgan fingerprint density at radius 1 is 1.09 bits per heavy atom. The van der Waals surface area contributed by atoms with Crippen molar-refractivity contribution >= 4 is 12.4 Å². The van der Waals surface area contributed by atoms with Gasteiger partial charge in [0.2, 0.25) is 5.89 Å². The van der Waals surface area contributed by atoms with E-state index in [0.717, 1.165) is 16.9 Å². The second kappa shape index (κ2) is 7.76. The van der Waals surface area contributed by atoms with Gasteiger partial charge in [0.15, 0.2) is 5.82 Å². The molecule has 0 radical (unpaired) electrons. The molecule has 1 aromatic heterocycles. The smallest absolute Gasteiger partial charge is 0.248 e. The van der Waals surface area contributed by atoms with Gasteiger partial charge in [0.25, 0.3) is 0 Å². The molecule has 2 N–H and O–H groups in total. The molecule has 23 heavy (non-hydrogen) atoms. The summed E-state index contributed by atoms with van der Waals surface area (Å²) < 4.78 is 10.4. The molecule has 0 saturated carbocycles. The maximum Gasteiger partial charge on any atom is 0.248 e. The van der Waals surface area contributed by atoms with E-state index in [1.165, 1.54) is 0 Å². The van der Waals surface area contributed by atoms with Crippen LogP contribution in [0.3, 0.4) is 0 Å². The molecular weight excluding hydrogens is 314 g/mol. The average Bonchev–Trinajstić information content (AvgIpc) is 3.04. The third-order valence-electron chi connectivity index (χ3n) is 3.43.